The van der Waals surface area contributed by atoms with Gasteiger partial charge in [-0.1, -0.05) is 29.8 Å². The molecule has 2 N–H and O–H groups in total. The second-order valence-electron chi connectivity index (χ2n) is 3.37. The summed E-state index contributed by atoms with van der Waals surface area (Å²) >= 11 is 5.76. The molecule has 2 rings (SSSR count). The molecule has 0 aliphatic rings. The molecule has 0 saturated heterocycles. The molecule has 1 aromatic heterocycles. The lowest BCUT2D eigenvalue weighted by Crippen LogP contribution is -2.12. The third kappa shape index (κ3) is 2.62. The summed E-state index contributed by atoms with van der Waals surface area (Å²) in [7, 11) is 0. The second-order valence-corrected chi connectivity index (χ2v) is 3.75. The highest BCUT2D eigenvalue weighted by Gasteiger charge is 2.05. The maximum atomic E-state index is 13.3. The summed E-state index contributed by atoms with van der Waals surface area (Å²) in [4.78, 5) is 11.2. The zero-order valence-electron chi connectivity index (χ0n) is 8.71. The van der Waals surface area contributed by atoms with Gasteiger partial charge in [0, 0.05) is 12.1 Å². The fourth-order valence-electron chi connectivity index (χ4n) is 1.34. The Kier molecular flexibility index (Phi) is 3.39. The van der Waals surface area contributed by atoms with E-state index in [9.17, 15) is 9.18 Å². The van der Waals surface area contributed by atoms with Gasteiger partial charge in [0.25, 0.3) is 5.56 Å². The van der Waals surface area contributed by atoms with Crippen LogP contribution in [0.2, 0.25) is 5.02 Å². The summed E-state index contributed by atoms with van der Waals surface area (Å²) in [6, 6.07) is 6.36. The first-order valence-corrected chi connectivity index (χ1v) is 5.26. The third-order valence-electron chi connectivity index (χ3n) is 2.22. The van der Waals surface area contributed by atoms with Crippen LogP contribution in [0.3, 0.4) is 0 Å². The van der Waals surface area contributed by atoms with Gasteiger partial charge >= 0.3 is 0 Å². The van der Waals surface area contributed by atoms with E-state index in [-0.39, 0.29) is 17.4 Å². The molecule has 0 spiro atoms. The van der Waals surface area contributed by atoms with Gasteiger partial charge in [-0.2, -0.15) is 5.10 Å². The highest BCUT2D eigenvalue weighted by molar-refractivity contribution is 6.32. The maximum absolute atomic E-state index is 13.3. The van der Waals surface area contributed by atoms with Crippen molar-refractivity contribution in [3.8, 4) is 0 Å². The Labute approximate surface area is 101 Å². The molecule has 0 radical (unpaired) electrons. The third-order valence-corrected chi connectivity index (χ3v) is 2.60. The van der Waals surface area contributed by atoms with E-state index in [0.29, 0.717) is 11.3 Å². The van der Waals surface area contributed by atoms with Gasteiger partial charge in [0.05, 0.1) is 11.9 Å². The van der Waals surface area contributed by atoms with Crippen molar-refractivity contribution >= 4 is 17.3 Å². The van der Waals surface area contributed by atoms with Crippen LogP contribution in [0.25, 0.3) is 0 Å². The van der Waals surface area contributed by atoms with E-state index in [1.165, 1.54) is 12.3 Å². The summed E-state index contributed by atoms with van der Waals surface area (Å²) < 4.78 is 13.3. The Morgan fingerprint density at radius 3 is 2.94 bits per heavy atom. The van der Waals surface area contributed by atoms with E-state index in [2.05, 4.69) is 15.5 Å². The molecule has 0 unspecified atom stereocenters. The normalized spacial score (nSPS) is 10.2. The number of hydrogen-bond acceptors (Lipinski definition) is 3. The van der Waals surface area contributed by atoms with Crippen LogP contribution in [-0.4, -0.2) is 10.2 Å². The van der Waals surface area contributed by atoms with Crippen molar-refractivity contribution < 1.29 is 4.39 Å². The van der Waals surface area contributed by atoms with E-state index in [1.807, 2.05) is 0 Å². The van der Waals surface area contributed by atoms with Crippen molar-refractivity contribution in [2.75, 3.05) is 5.32 Å². The fraction of sp³-hybridized carbons (Fsp3) is 0.0909. The molecule has 0 atom stereocenters. The lowest BCUT2D eigenvalue weighted by atomic mass is 10.2. The Morgan fingerprint density at radius 2 is 2.18 bits per heavy atom. The molecular formula is C11H9ClFN3O. The molecule has 1 heterocycles. The maximum Gasteiger partial charge on any atom is 0.285 e. The quantitative estimate of drug-likeness (QED) is 0.881. The molecule has 0 amide bonds. The number of halogens is 2. The number of H-pyrrole nitrogens is 1. The predicted octanol–water partition coefficient (Wildman–Crippen LogP) is 2.17. The summed E-state index contributed by atoms with van der Waals surface area (Å²) in [6.07, 6.45) is 1.38. The predicted molar refractivity (Wildman–Crippen MR) is 63.6 cm³/mol. The summed E-state index contributed by atoms with van der Waals surface area (Å²) in [6.45, 7) is 0.234. The fourth-order valence-corrected chi connectivity index (χ4v) is 1.50. The van der Waals surface area contributed by atoms with E-state index >= 15 is 0 Å². The first-order chi connectivity index (χ1) is 8.18. The molecule has 2 aromatic rings. The molecule has 17 heavy (non-hydrogen) atoms. The highest BCUT2D eigenvalue weighted by Crippen LogP contribution is 2.16. The first kappa shape index (κ1) is 11.6. The summed E-state index contributed by atoms with van der Waals surface area (Å²) in [5, 5.41) is 8.67. The van der Waals surface area contributed by atoms with Gasteiger partial charge in [-0.25, -0.2) is 9.49 Å². The van der Waals surface area contributed by atoms with Gasteiger partial charge in [-0.05, 0) is 6.07 Å². The van der Waals surface area contributed by atoms with E-state index in [0.717, 1.165) is 0 Å². The molecule has 0 fully saturated rings. The van der Waals surface area contributed by atoms with Crippen molar-refractivity contribution in [3.05, 3.63) is 57.2 Å². The molecule has 0 aliphatic carbocycles. The Bertz CT molecular complexity index is 585. The Hall–Kier alpha value is -1.88. The number of nitrogens with zero attached hydrogens (tertiary/aromatic N) is 1. The standard InChI is InChI=1S/C11H9ClFN3O/c12-10-9(6-15-16-11(10)17)14-5-7-3-1-2-4-8(7)13/h1-4,6H,5H2,(H2,14,16,17). The number of hydrogen-bond donors (Lipinski definition) is 2. The number of aromatic nitrogens is 2. The van der Waals surface area contributed by atoms with Crippen LogP contribution < -0.4 is 10.9 Å². The topological polar surface area (TPSA) is 57.8 Å². The molecule has 6 heteroatoms. The van der Waals surface area contributed by atoms with Gasteiger partial charge < -0.3 is 5.32 Å². The largest absolute Gasteiger partial charge is 0.378 e. The monoisotopic (exact) mass is 253 g/mol. The van der Waals surface area contributed by atoms with Crippen molar-refractivity contribution in [3.63, 3.8) is 0 Å². The van der Waals surface area contributed by atoms with Gasteiger partial charge in [0.2, 0.25) is 0 Å². The van der Waals surface area contributed by atoms with Crippen LogP contribution in [0.5, 0.6) is 0 Å². The summed E-state index contributed by atoms with van der Waals surface area (Å²) in [5.41, 5.74) is 0.382. The van der Waals surface area contributed by atoms with Crippen LogP contribution in [0.1, 0.15) is 5.56 Å². The van der Waals surface area contributed by atoms with Crippen LogP contribution in [-0.2, 0) is 6.54 Å². The number of anilines is 1. The Balaban J connectivity index is 2.16. The number of aromatic amines is 1. The first-order valence-electron chi connectivity index (χ1n) is 4.89. The highest BCUT2D eigenvalue weighted by atomic mass is 35.5. The second kappa shape index (κ2) is 4.97. The molecular weight excluding hydrogens is 245 g/mol. The average molecular weight is 254 g/mol. The van der Waals surface area contributed by atoms with Crippen LogP contribution in [0.15, 0.2) is 35.3 Å². The van der Waals surface area contributed by atoms with E-state index in [1.54, 1.807) is 18.2 Å². The van der Waals surface area contributed by atoms with Gasteiger partial charge in [0.1, 0.15) is 10.8 Å². The van der Waals surface area contributed by atoms with Gasteiger partial charge in [-0.15, -0.1) is 0 Å². The molecule has 88 valence electrons. The van der Waals surface area contributed by atoms with Crippen LogP contribution in [0, 0.1) is 5.82 Å². The average Bonchev–Trinajstić information content (AvgIpc) is 2.33. The van der Waals surface area contributed by atoms with Crippen molar-refractivity contribution in [1.82, 2.24) is 10.2 Å². The number of rotatable bonds is 3. The number of benzene rings is 1. The molecule has 0 aliphatic heterocycles. The van der Waals surface area contributed by atoms with Crippen LogP contribution >= 0.6 is 11.6 Å². The molecule has 1 aromatic carbocycles. The van der Waals surface area contributed by atoms with E-state index < -0.39 is 5.56 Å². The van der Waals surface area contributed by atoms with Crippen LogP contribution in [0.4, 0.5) is 10.1 Å². The zero-order valence-corrected chi connectivity index (χ0v) is 9.46. The number of nitrogens with one attached hydrogen (secondary N) is 2. The molecule has 0 bridgehead atoms. The molecule has 0 saturated carbocycles. The lowest BCUT2D eigenvalue weighted by molar-refractivity contribution is 0.613. The Morgan fingerprint density at radius 1 is 1.41 bits per heavy atom. The van der Waals surface area contributed by atoms with Crippen molar-refractivity contribution in [2.24, 2.45) is 0 Å². The summed E-state index contributed by atoms with van der Waals surface area (Å²) in [5.74, 6) is -0.311. The van der Waals surface area contributed by atoms with Crippen molar-refractivity contribution in [2.45, 2.75) is 6.54 Å². The SMILES string of the molecule is O=c1[nH]ncc(NCc2ccccc2F)c1Cl. The molecule has 4 nitrogen and oxygen atoms in total. The minimum atomic E-state index is -0.481. The minimum absolute atomic E-state index is 0.0105. The van der Waals surface area contributed by atoms with E-state index in [4.69, 9.17) is 11.6 Å². The van der Waals surface area contributed by atoms with Crippen molar-refractivity contribution in [1.29, 1.82) is 0 Å². The smallest absolute Gasteiger partial charge is 0.285 e. The van der Waals surface area contributed by atoms with Gasteiger partial charge in [-0.3, -0.25) is 4.79 Å². The lowest BCUT2D eigenvalue weighted by Gasteiger charge is -2.07. The minimum Gasteiger partial charge on any atom is -0.378 e. The zero-order chi connectivity index (χ0) is 12.3. The van der Waals surface area contributed by atoms with Gasteiger partial charge in [0.15, 0.2) is 0 Å².